The van der Waals surface area contributed by atoms with Gasteiger partial charge >= 0.3 is 0 Å². The van der Waals surface area contributed by atoms with E-state index in [1.807, 2.05) is 46.4 Å². The van der Waals surface area contributed by atoms with Gasteiger partial charge in [-0.1, -0.05) is 13.3 Å². The Balaban J connectivity index is 1.85. The molecule has 3 rings (SSSR count). The molecule has 0 atom stereocenters. The average molecular weight is 328 g/mol. The van der Waals surface area contributed by atoms with Crippen molar-refractivity contribution in [3.05, 3.63) is 47.5 Å². The standard InChI is InChI=1S/C17H20N4OS/c1-3-4-8-21(11-16-18-7-9-20(16)2)17(22)13-5-6-14-15(10-13)23-12-19-14/h5-7,9-10,12H,3-4,8,11H2,1-2H3. The molecule has 2 heterocycles. The summed E-state index contributed by atoms with van der Waals surface area (Å²) < 4.78 is 3.00. The van der Waals surface area contributed by atoms with Gasteiger partial charge in [-0.05, 0) is 24.6 Å². The molecule has 3 aromatic rings. The summed E-state index contributed by atoms with van der Waals surface area (Å²) in [5, 5.41) is 0. The first-order chi connectivity index (χ1) is 11.2. The van der Waals surface area contributed by atoms with Crippen LogP contribution in [0.1, 0.15) is 35.9 Å². The number of nitrogens with zero attached hydrogens (tertiary/aromatic N) is 4. The van der Waals surface area contributed by atoms with E-state index in [1.165, 1.54) is 0 Å². The van der Waals surface area contributed by atoms with Gasteiger partial charge in [0, 0.05) is 31.5 Å². The fourth-order valence-corrected chi connectivity index (χ4v) is 3.21. The number of carbonyl (C=O) groups is 1. The maximum absolute atomic E-state index is 12.9. The summed E-state index contributed by atoms with van der Waals surface area (Å²) in [6.07, 6.45) is 5.71. The Hall–Kier alpha value is -2.21. The van der Waals surface area contributed by atoms with E-state index in [4.69, 9.17) is 0 Å². The molecule has 0 spiro atoms. The van der Waals surface area contributed by atoms with Gasteiger partial charge in [0.2, 0.25) is 0 Å². The Morgan fingerprint density at radius 3 is 2.96 bits per heavy atom. The van der Waals surface area contributed by atoms with Gasteiger partial charge in [-0.15, -0.1) is 11.3 Å². The minimum atomic E-state index is 0.0525. The zero-order valence-corrected chi connectivity index (χ0v) is 14.2. The minimum Gasteiger partial charge on any atom is -0.337 e. The summed E-state index contributed by atoms with van der Waals surface area (Å²) in [4.78, 5) is 23.4. The van der Waals surface area contributed by atoms with Crippen molar-refractivity contribution in [1.29, 1.82) is 0 Å². The number of rotatable bonds is 6. The fraction of sp³-hybridized carbons (Fsp3) is 0.353. The van der Waals surface area contributed by atoms with Crippen molar-refractivity contribution in [3.8, 4) is 0 Å². The van der Waals surface area contributed by atoms with Crippen molar-refractivity contribution in [2.24, 2.45) is 7.05 Å². The molecule has 0 aliphatic rings. The predicted octanol–water partition coefficient (Wildman–Crippen LogP) is 3.47. The summed E-state index contributed by atoms with van der Waals surface area (Å²) in [5.41, 5.74) is 3.46. The van der Waals surface area contributed by atoms with E-state index < -0.39 is 0 Å². The van der Waals surface area contributed by atoms with Crippen LogP contribution in [0.15, 0.2) is 36.1 Å². The molecule has 23 heavy (non-hydrogen) atoms. The first kappa shape index (κ1) is 15.7. The molecular formula is C17H20N4OS. The summed E-state index contributed by atoms with van der Waals surface area (Å²) in [5.74, 6) is 0.949. The Morgan fingerprint density at radius 1 is 1.35 bits per heavy atom. The van der Waals surface area contributed by atoms with Gasteiger partial charge in [-0.3, -0.25) is 4.79 Å². The Kier molecular flexibility index (Phi) is 4.71. The Bertz CT molecular complexity index is 808. The van der Waals surface area contributed by atoms with Crippen molar-refractivity contribution >= 4 is 27.5 Å². The van der Waals surface area contributed by atoms with Gasteiger partial charge in [0.1, 0.15) is 5.82 Å². The highest BCUT2D eigenvalue weighted by Crippen LogP contribution is 2.20. The van der Waals surface area contributed by atoms with Crippen LogP contribution in [-0.2, 0) is 13.6 Å². The van der Waals surface area contributed by atoms with E-state index in [0.717, 1.165) is 35.4 Å². The number of benzene rings is 1. The molecule has 0 fully saturated rings. The lowest BCUT2D eigenvalue weighted by molar-refractivity contribution is 0.0735. The average Bonchev–Trinajstić information content (AvgIpc) is 3.18. The van der Waals surface area contributed by atoms with Crippen molar-refractivity contribution in [2.75, 3.05) is 6.54 Å². The second-order valence-electron chi connectivity index (χ2n) is 5.57. The topological polar surface area (TPSA) is 51.0 Å². The smallest absolute Gasteiger partial charge is 0.254 e. The summed E-state index contributed by atoms with van der Waals surface area (Å²) in [6, 6.07) is 5.71. The third-order valence-electron chi connectivity index (χ3n) is 3.90. The molecule has 120 valence electrons. The van der Waals surface area contributed by atoms with Crippen LogP contribution in [0.25, 0.3) is 10.2 Å². The lowest BCUT2D eigenvalue weighted by Crippen LogP contribution is -2.32. The zero-order chi connectivity index (χ0) is 16.2. The quantitative estimate of drug-likeness (QED) is 0.696. The number of carbonyl (C=O) groups excluding carboxylic acids is 1. The molecule has 0 bridgehead atoms. The fourth-order valence-electron chi connectivity index (χ4n) is 2.49. The van der Waals surface area contributed by atoms with Crippen LogP contribution in [0.2, 0.25) is 0 Å². The van der Waals surface area contributed by atoms with E-state index in [-0.39, 0.29) is 5.91 Å². The van der Waals surface area contributed by atoms with Gasteiger partial charge in [0.05, 0.1) is 22.3 Å². The van der Waals surface area contributed by atoms with Crippen LogP contribution in [0.3, 0.4) is 0 Å². The molecule has 0 aliphatic heterocycles. The second kappa shape index (κ2) is 6.91. The highest BCUT2D eigenvalue weighted by molar-refractivity contribution is 7.16. The van der Waals surface area contributed by atoms with Crippen molar-refractivity contribution in [3.63, 3.8) is 0 Å². The Morgan fingerprint density at radius 2 is 2.22 bits per heavy atom. The highest BCUT2D eigenvalue weighted by Gasteiger charge is 2.18. The van der Waals surface area contributed by atoms with Crippen LogP contribution in [0, 0.1) is 0 Å². The lowest BCUT2D eigenvalue weighted by Gasteiger charge is -2.22. The number of hydrogen-bond acceptors (Lipinski definition) is 4. The van der Waals surface area contributed by atoms with E-state index >= 15 is 0 Å². The van der Waals surface area contributed by atoms with Gasteiger partial charge < -0.3 is 9.47 Å². The van der Waals surface area contributed by atoms with Crippen LogP contribution < -0.4 is 0 Å². The molecule has 2 aromatic heterocycles. The monoisotopic (exact) mass is 328 g/mol. The minimum absolute atomic E-state index is 0.0525. The molecule has 0 N–H and O–H groups in total. The maximum atomic E-state index is 12.9. The van der Waals surface area contributed by atoms with E-state index in [9.17, 15) is 4.79 Å². The molecule has 0 aliphatic carbocycles. The van der Waals surface area contributed by atoms with Gasteiger partial charge in [-0.2, -0.15) is 0 Å². The van der Waals surface area contributed by atoms with Crippen molar-refractivity contribution in [1.82, 2.24) is 19.4 Å². The van der Waals surface area contributed by atoms with Gasteiger partial charge in [-0.25, -0.2) is 9.97 Å². The van der Waals surface area contributed by atoms with Crippen LogP contribution in [0.4, 0.5) is 0 Å². The molecule has 0 saturated heterocycles. The number of hydrogen-bond donors (Lipinski definition) is 0. The molecule has 1 aromatic carbocycles. The zero-order valence-electron chi connectivity index (χ0n) is 13.4. The number of unbranched alkanes of at least 4 members (excludes halogenated alkanes) is 1. The molecule has 1 amide bonds. The SMILES string of the molecule is CCCCN(Cc1nccn1C)C(=O)c1ccc2ncsc2c1. The van der Waals surface area contributed by atoms with Crippen LogP contribution >= 0.6 is 11.3 Å². The predicted molar refractivity (Wildman–Crippen MR) is 92.5 cm³/mol. The number of aromatic nitrogens is 3. The summed E-state index contributed by atoms with van der Waals surface area (Å²) in [7, 11) is 1.95. The molecule has 0 unspecified atom stereocenters. The highest BCUT2D eigenvalue weighted by atomic mass is 32.1. The molecular weight excluding hydrogens is 308 g/mol. The summed E-state index contributed by atoms with van der Waals surface area (Å²) >= 11 is 1.56. The number of imidazole rings is 1. The first-order valence-electron chi connectivity index (χ1n) is 7.77. The molecule has 0 saturated carbocycles. The molecule has 6 heteroatoms. The van der Waals surface area contributed by atoms with E-state index in [1.54, 1.807) is 17.5 Å². The van der Waals surface area contributed by atoms with Crippen molar-refractivity contribution < 1.29 is 4.79 Å². The van der Waals surface area contributed by atoms with Crippen LogP contribution in [-0.4, -0.2) is 31.9 Å². The summed E-state index contributed by atoms with van der Waals surface area (Å²) in [6.45, 7) is 3.40. The largest absolute Gasteiger partial charge is 0.337 e. The lowest BCUT2D eigenvalue weighted by atomic mass is 10.1. The maximum Gasteiger partial charge on any atom is 0.254 e. The van der Waals surface area contributed by atoms with Gasteiger partial charge in [0.25, 0.3) is 5.91 Å². The van der Waals surface area contributed by atoms with Gasteiger partial charge in [0.15, 0.2) is 0 Å². The number of aryl methyl sites for hydroxylation is 1. The van der Waals surface area contributed by atoms with Crippen molar-refractivity contribution in [2.45, 2.75) is 26.3 Å². The third kappa shape index (κ3) is 3.42. The van der Waals surface area contributed by atoms with E-state index in [2.05, 4.69) is 16.9 Å². The third-order valence-corrected chi connectivity index (χ3v) is 4.69. The number of thiazole rings is 1. The first-order valence-corrected chi connectivity index (χ1v) is 8.65. The number of fused-ring (bicyclic) bond motifs is 1. The molecule has 0 radical (unpaired) electrons. The Labute approximate surface area is 139 Å². The normalized spacial score (nSPS) is 11.0. The van der Waals surface area contributed by atoms with Crippen LogP contribution in [0.5, 0.6) is 0 Å². The second-order valence-corrected chi connectivity index (χ2v) is 6.46. The number of amides is 1. The molecule has 5 nitrogen and oxygen atoms in total. The van der Waals surface area contributed by atoms with E-state index in [0.29, 0.717) is 12.1 Å².